The van der Waals surface area contributed by atoms with Gasteiger partial charge in [0, 0.05) is 23.5 Å². The van der Waals surface area contributed by atoms with Crippen LogP contribution in [-0.2, 0) is 25.6 Å². The number of rotatable bonds is 18. The number of fused-ring (bicyclic) bond motifs is 1. The standard InChI is InChI=1S/C28H44N6O5S/c1-4-17(2)24(27(37)32-22(28(38)39)12-14-40-3)34-26(36)23(33-25(35)20(30)10-7-8-13-29)15-18-16-31-21-11-6-5-9-19(18)21/h5-6,9,11,16-17,20,22-24,31H,4,7-8,10,12-15,29-30H2,1-3H3,(H,32,37)(H,33,35)(H,34,36)(H,38,39). The van der Waals surface area contributed by atoms with Crippen LogP contribution in [0.15, 0.2) is 30.5 Å². The number of carboxylic acids is 1. The first-order chi connectivity index (χ1) is 19.1. The van der Waals surface area contributed by atoms with Crippen LogP contribution in [0.1, 0.15) is 51.5 Å². The van der Waals surface area contributed by atoms with Gasteiger partial charge in [0.1, 0.15) is 18.1 Å². The molecule has 222 valence electrons. The van der Waals surface area contributed by atoms with Gasteiger partial charge < -0.3 is 37.5 Å². The second-order valence-electron chi connectivity index (χ2n) is 10.1. The number of carbonyl (C=O) groups excluding carboxylic acids is 3. The number of aromatic amines is 1. The zero-order chi connectivity index (χ0) is 29.7. The highest BCUT2D eigenvalue weighted by molar-refractivity contribution is 7.98. The van der Waals surface area contributed by atoms with Crippen molar-refractivity contribution in [2.75, 3.05) is 18.6 Å². The number of aromatic nitrogens is 1. The molecular formula is C28H44N6O5S. The number of hydrogen-bond donors (Lipinski definition) is 7. The molecule has 5 unspecified atom stereocenters. The van der Waals surface area contributed by atoms with Gasteiger partial charge >= 0.3 is 5.97 Å². The van der Waals surface area contributed by atoms with E-state index >= 15 is 0 Å². The van der Waals surface area contributed by atoms with Crippen molar-refractivity contribution in [3.05, 3.63) is 36.0 Å². The first kappa shape index (κ1) is 33.1. The largest absolute Gasteiger partial charge is 0.480 e. The van der Waals surface area contributed by atoms with Crippen molar-refractivity contribution in [1.82, 2.24) is 20.9 Å². The molecule has 11 nitrogen and oxygen atoms in total. The van der Waals surface area contributed by atoms with Crippen LogP contribution in [0.4, 0.5) is 0 Å². The van der Waals surface area contributed by atoms with Crippen molar-refractivity contribution in [2.24, 2.45) is 17.4 Å². The number of aliphatic carboxylic acids is 1. The Morgan fingerprint density at radius 3 is 2.35 bits per heavy atom. The van der Waals surface area contributed by atoms with Gasteiger partial charge in [-0.25, -0.2) is 4.79 Å². The van der Waals surface area contributed by atoms with Gasteiger partial charge in [0.05, 0.1) is 6.04 Å². The maximum atomic E-state index is 13.7. The van der Waals surface area contributed by atoms with Gasteiger partial charge in [-0.05, 0) is 55.4 Å². The number of unbranched alkanes of at least 4 members (excludes halogenated alkanes) is 1. The van der Waals surface area contributed by atoms with E-state index in [1.165, 1.54) is 11.8 Å². The number of thioether (sulfide) groups is 1. The fourth-order valence-corrected chi connectivity index (χ4v) is 4.83. The van der Waals surface area contributed by atoms with E-state index in [0.29, 0.717) is 31.6 Å². The highest BCUT2D eigenvalue weighted by Crippen LogP contribution is 2.20. The second-order valence-corrected chi connectivity index (χ2v) is 11.1. The summed E-state index contributed by atoms with van der Waals surface area (Å²) in [5, 5.41) is 18.6. The number of H-pyrrole nitrogens is 1. The lowest BCUT2D eigenvalue weighted by atomic mass is 9.96. The first-order valence-corrected chi connectivity index (χ1v) is 15.2. The molecular weight excluding hydrogens is 532 g/mol. The summed E-state index contributed by atoms with van der Waals surface area (Å²) in [6.07, 6.45) is 6.47. The Bertz CT molecular complexity index is 1130. The lowest BCUT2D eigenvalue weighted by Crippen LogP contribution is -2.59. The van der Waals surface area contributed by atoms with Crippen molar-refractivity contribution in [3.63, 3.8) is 0 Å². The number of nitrogens with one attached hydrogen (secondary N) is 4. The van der Waals surface area contributed by atoms with Crippen molar-refractivity contribution in [1.29, 1.82) is 0 Å². The molecule has 0 saturated carbocycles. The quantitative estimate of drug-likeness (QED) is 0.130. The summed E-state index contributed by atoms with van der Waals surface area (Å²) < 4.78 is 0. The van der Waals surface area contributed by atoms with Crippen LogP contribution in [0.3, 0.4) is 0 Å². The Kier molecular flexibility index (Phi) is 14.0. The number of para-hydroxylation sites is 1. The molecule has 5 atom stereocenters. The molecule has 0 radical (unpaired) electrons. The molecule has 2 rings (SSSR count). The van der Waals surface area contributed by atoms with Crippen LogP contribution in [0.5, 0.6) is 0 Å². The van der Waals surface area contributed by atoms with Gasteiger partial charge in [-0.3, -0.25) is 14.4 Å². The number of carboxylic acid groups (broad SMARTS) is 1. The van der Waals surface area contributed by atoms with Gasteiger partial charge in [-0.2, -0.15) is 11.8 Å². The average Bonchev–Trinajstić information content (AvgIpc) is 3.35. The Hall–Kier alpha value is -3.09. The van der Waals surface area contributed by atoms with Crippen molar-refractivity contribution in [3.8, 4) is 0 Å². The lowest BCUT2D eigenvalue weighted by Gasteiger charge is -2.28. The highest BCUT2D eigenvalue weighted by atomic mass is 32.2. The smallest absolute Gasteiger partial charge is 0.326 e. The number of benzene rings is 1. The molecule has 0 saturated heterocycles. The van der Waals surface area contributed by atoms with E-state index < -0.39 is 47.9 Å². The van der Waals surface area contributed by atoms with E-state index in [2.05, 4.69) is 20.9 Å². The van der Waals surface area contributed by atoms with E-state index in [4.69, 9.17) is 11.5 Å². The summed E-state index contributed by atoms with van der Waals surface area (Å²) in [4.78, 5) is 54.8. The molecule has 0 fully saturated rings. The summed E-state index contributed by atoms with van der Waals surface area (Å²) in [6, 6.07) is 3.73. The molecule has 0 aliphatic carbocycles. The third kappa shape index (κ3) is 9.83. The van der Waals surface area contributed by atoms with E-state index in [-0.39, 0.29) is 18.8 Å². The first-order valence-electron chi connectivity index (χ1n) is 13.8. The van der Waals surface area contributed by atoms with E-state index in [9.17, 15) is 24.3 Å². The normalized spacial score (nSPS) is 15.0. The van der Waals surface area contributed by atoms with Crippen LogP contribution in [0.25, 0.3) is 10.9 Å². The van der Waals surface area contributed by atoms with Crippen LogP contribution in [0.2, 0.25) is 0 Å². The lowest BCUT2D eigenvalue weighted by molar-refractivity contribution is -0.142. The summed E-state index contributed by atoms with van der Waals surface area (Å²) in [5.41, 5.74) is 13.4. The van der Waals surface area contributed by atoms with Gasteiger partial charge in [-0.1, -0.05) is 44.9 Å². The van der Waals surface area contributed by atoms with Gasteiger partial charge in [-0.15, -0.1) is 0 Å². The third-order valence-corrected chi connectivity index (χ3v) is 7.70. The van der Waals surface area contributed by atoms with Crippen molar-refractivity contribution in [2.45, 2.75) is 76.5 Å². The minimum atomic E-state index is -1.13. The Morgan fingerprint density at radius 1 is 1.00 bits per heavy atom. The van der Waals surface area contributed by atoms with Gasteiger partial charge in [0.25, 0.3) is 0 Å². The van der Waals surface area contributed by atoms with Crippen LogP contribution < -0.4 is 27.4 Å². The van der Waals surface area contributed by atoms with Crippen LogP contribution >= 0.6 is 11.8 Å². The second kappa shape index (κ2) is 16.9. The minimum Gasteiger partial charge on any atom is -0.480 e. The molecule has 2 aromatic rings. The fraction of sp³-hybridized carbons (Fsp3) is 0.571. The molecule has 1 heterocycles. The van der Waals surface area contributed by atoms with E-state index in [1.54, 1.807) is 6.20 Å². The zero-order valence-corrected chi connectivity index (χ0v) is 24.4. The molecule has 0 aliphatic rings. The minimum absolute atomic E-state index is 0.164. The molecule has 40 heavy (non-hydrogen) atoms. The van der Waals surface area contributed by atoms with Gasteiger partial charge in [0.2, 0.25) is 17.7 Å². The average molecular weight is 577 g/mol. The summed E-state index contributed by atoms with van der Waals surface area (Å²) in [6.45, 7) is 4.19. The van der Waals surface area contributed by atoms with Crippen molar-refractivity contribution >= 4 is 46.4 Å². The highest BCUT2D eigenvalue weighted by Gasteiger charge is 2.33. The molecule has 0 spiro atoms. The number of carbonyl (C=O) groups is 4. The molecule has 0 aliphatic heterocycles. The summed E-state index contributed by atoms with van der Waals surface area (Å²) >= 11 is 1.48. The molecule has 12 heteroatoms. The van der Waals surface area contributed by atoms with E-state index in [1.807, 2.05) is 44.4 Å². The van der Waals surface area contributed by atoms with Crippen molar-refractivity contribution < 1.29 is 24.3 Å². The molecule has 1 aromatic carbocycles. The molecule has 9 N–H and O–H groups in total. The van der Waals surface area contributed by atoms with Crippen LogP contribution in [0, 0.1) is 5.92 Å². The molecule has 0 bridgehead atoms. The van der Waals surface area contributed by atoms with Gasteiger partial charge in [0.15, 0.2) is 0 Å². The Morgan fingerprint density at radius 2 is 1.70 bits per heavy atom. The topological polar surface area (TPSA) is 192 Å². The Labute approximate surface area is 240 Å². The fourth-order valence-electron chi connectivity index (χ4n) is 4.36. The number of nitrogens with two attached hydrogens (primary N) is 2. The predicted octanol–water partition coefficient (Wildman–Crippen LogP) is 1.50. The van der Waals surface area contributed by atoms with Crippen LogP contribution in [-0.4, -0.2) is 76.5 Å². The maximum absolute atomic E-state index is 13.7. The number of amides is 3. The SMILES string of the molecule is CCC(C)C(NC(=O)C(Cc1c[nH]c2ccccc12)NC(=O)C(N)CCCCN)C(=O)NC(CCSC)C(=O)O. The number of hydrogen-bond acceptors (Lipinski definition) is 7. The molecule has 1 aromatic heterocycles. The molecule has 3 amide bonds. The maximum Gasteiger partial charge on any atom is 0.326 e. The Balaban J connectivity index is 2.28. The predicted molar refractivity (Wildman–Crippen MR) is 159 cm³/mol. The van der Waals surface area contributed by atoms with E-state index in [0.717, 1.165) is 22.9 Å². The summed E-state index contributed by atoms with van der Waals surface area (Å²) in [5.74, 6) is -2.46. The monoisotopic (exact) mass is 576 g/mol. The zero-order valence-electron chi connectivity index (χ0n) is 23.6. The summed E-state index contributed by atoms with van der Waals surface area (Å²) in [7, 11) is 0. The third-order valence-electron chi connectivity index (χ3n) is 7.06.